The number of ether oxygens (including phenoxy) is 4. The molecule has 1 aliphatic rings. The number of nitrogen functional groups attached to an aromatic ring is 1. The summed E-state index contributed by atoms with van der Waals surface area (Å²) in [5.41, 5.74) is 4.42. The van der Waals surface area contributed by atoms with Crippen molar-refractivity contribution in [3.8, 4) is 5.88 Å². The van der Waals surface area contributed by atoms with Gasteiger partial charge in [-0.2, -0.15) is 9.97 Å². The molecule has 0 bridgehead atoms. The zero-order valence-corrected chi connectivity index (χ0v) is 29.2. The highest BCUT2D eigenvalue weighted by Gasteiger charge is 2.54. The summed E-state index contributed by atoms with van der Waals surface area (Å²) >= 11 is 0. The fourth-order valence-electron chi connectivity index (χ4n) is 5.23. The number of anilines is 1. The van der Waals surface area contributed by atoms with E-state index < -0.39 is 62.3 Å². The summed E-state index contributed by atoms with van der Waals surface area (Å²) in [5, 5.41) is 28.2. The zero-order chi connectivity index (χ0) is 35.1. The highest BCUT2D eigenvalue weighted by molar-refractivity contribution is 7.54. The Balaban J connectivity index is 1.94. The van der Waals surface area contributed by atoms with Crippen LogP contribution in [0.15, 0.2) is 6.33 Å². The van der Waals surface area contributed by atoms with Crippen molar-refractivity contribution in [2.45, 2.75) is 104 Å². The van der Waals surface area contributed by atoms with E-state index in [0.717, 1.165) is 0 Å². The quantitative estimate of drug-likeness (QED) is 0.111. The number of carbonyl (C=O) groups is 2. The minimum atomic E-state index is -4.31. The lowest BCUT2D eigenvalue weighted by molar-refractivity contribution is -0.146. The van der Waals surface area contributed by atoms with Crippen LogP contribution < -0.4 is 20.6 Å². The van der Waals surface area contributed by atoms with Gasteiger partial charge in [0.15, 0.2) is 17.4 Å². The Kier molecular flexibility index (Phi) is 13.5. The first kappa shape index (κ1) is 38.5. The van der Waals surface area contributed by atoms with E-state index in [-0.39, 0.29) is 60.9 Å². The molecule has 0 radical (unpaired) electrons. The van der Waals surface area contributed by atoms with Crippen molar-refractivity contribution in [1.29, 1.82) is 0 Å². The van der Waals surface area contributed by atoms with E-state index in [4.69, 9.17) is 29.2 Å². The lowest BCUT2D eigenvalue weighted by atomic mass is 9.96. The number of hydrogen-bond donors (Lipinski definition) is 5. The number of imidazole rings is 1. The number of nitrogens with one attached hydrogen (secondary N) is 2. The van der Waals surface area contributed by atoms with Crippen LogP contribution in [0.2, 0.25) is 0 Å². The maximum Gasteiger partial charge on any atom is 0.342 e. The Morgan fingerprint density at radius 2 is 1.60 bits per heavy atom. The number of fused-ring (bicyclic) bond motifs is 1. The molecule has 17 nitrogen and oxygen atoms in total. The van der Waals surface area contributed by atoms with E-state index in [1.54, 1.807) is 20.8 Å². The van der Waals surface area contributed by atoms with Crippen molar-refractivity contribution in [1.82, 2.24) is 29.7 Å². The molecule has 7 atom stereocenters. The van der Waals surface area contributed by atoms with Gasteiger partial charge in [0, 0.05) is 0 Å². The van der Waals surface area contributed by atoms with Crippen molar-refractivity contribution in [3.05, 3.63) is 6.33 Å². The number of nitrogens with two attached hydrogens (primary N) is 1. The van der Waals surface area contributed by atoms with Crippen molar-refractivity contribution in [3.63, 3.8) is 0 Å². The molecular weight excluding hydrogens is 637 g/mol. The van der Waals surface area contributed by atoms with Gasteiger partial charge in [-0.1, -0.05) is 27.7 Å². The third kappa shape index (κ3) is 9.59. The molecule has 2 unspecified atom stereocenters. The van der Waals surface area contributed by atoms with Crippen LogP contribution in [-0.4, -0.2) is 98.0 Å². The Labute approximate surface area is 274 Å². The largest absolute Gasteiger partial charge is 0.476 e. The van der Waals surface area contributed by atoms with Crippen LogP contribution >= 0.6 is 7.67 Å². The van der Waals surface area contributed by atoms with Gasteiger partial charge in [-0.15, -0.1) is 0 Å². The molecule has 0 aliphatic carbocycles. The first-order valence-corrected chi connectivity index (χ1v) is 17.5. The summed E-state index contributed by atoms with van der Waals surface area (Å²) in [6.07, 6.45) is -2.23. The number of rotatable bonds is 18. The molecule has 0 aromatic carbocycles. The summed E-state index contributed by atoms with van der Waals surface area (Å²) in [6.45, 7) is 13.9. The summed E-state index contributed by atoms with van der Waals surface area (Å²) < 4.78 is 43.9. The van der Waals surface area contributed by atoms with Gasteiger partial charge in [0.1, 0.15) is 29.9 Å². The number of nitrogens with zero attached hydrogens (tertiary/aromatic N) is 4. The second-order valence-electron chi connectivity index (χ2n) is 12.3. The van der Waals surface area contributed by atoms with Gasteiger partial charge >= 0.3 is 19.6 Å². The van der Waals surface area contributed by atoms with E-state index in [1.165, 1.54) is 17.8 Å². The minimum Gasteiger partial charge on any atom is -0.476 e. The summed E-state index contributed by atoms with van der Waals surface area (Å²) in [7, 11) is -4.31. The predicted molar refractivity (Wildman–Crippen MR) is 171 cm³/mol. The van der Waals surface area contributed by atoms with Gasteiger partial charge in [0.2, 0.25) is 11.8 Å². The Bertz CT molecular complexity index is 1370. The highest BCUT2D eigenvalue weighted by Crippen LogP contribution is 2.45. The van der Waals surface area contributed by atoms with Gasteiger partial charge in [-0.25, -0.2) is 15.2 Å². The van der Waals surface area contributed by atoms with Crippen molar-refractivity contribution in [2.75, 3.05) is 32.2 Å². The highest BCUT2D eigenvalue weighted by atomic mass is 31.2. The number of esters is 2. The van der Waals surface area contributed by atoms with E-state index in [0.29, 0.717) is 6.61 Å². The first-order chi connectivity index (χ1) is 22.1. The molecule has 1 aliphatic heterocycles. The van der Waals surface area contributed by atoms with E-state index in [2.05, 4.69) is 25.1 Å². The molecule has 0 saturated carbocycles. The molecule has 18 heteroatoms. The molecule has 0 amide bonds. The second kappa shape index (κ2) is 16.5. The maximum absolute atomic E-state index is 14.5. The minimum absolute atomic E-state index is 0.0104. The number of aromatic nitrogens is 4. The average molecular weight is 688 g/mol. The first-order valence-electron chi connectivity index (χ1n) is 15.9. The molecule has 2 aromatic heterocycles. The third-order valence-electron chi connectivity index (χ3n) is 7.32. The van der Waals surface area contributed by atoms with Gasteiger partial charge in [-0.05, 0) is 52.4 Å². The number of hydrogen-bond acceptors (Lipinski definition) is 14. The van der Waals surface area contributed by atoms with Crippen molar-refractivity contribution < 1.29 is 47.8 Å². The summed E-state index contributed by atoms with van der Waals surface area (Å²) in [5.74, 6) is -1.28. The lowest BCUT2D eigenvalue weighted by Crippen LogP contribution is -2.47. The summed E-state index contributed by atoms with van der Waals surface area (Å²) in [6, 6.07) is -2.13. The smallest absolute Gasteiger partial charge is 0.342 e. The Hall–Kier alpha value is -2.92. The maximum atomic E-state index is 14.5. The molecule has 47 heavy (non-hydrogen) atoms. The van der Waals surface area contributed by atoms with Crippen LogP contribution in [0.4, 0.5) is 5.95 Å². The van der Waals surface area contributed by atoms with Crippen LogP contribution in [-0.2, 0) is 32.9 Å². The zero-order valence-electron chi connectivity index (χ0n) is 28.3. The van der Waals surface area contributed by atoms with E-state index in [1.807, 2.05) is 27.7 Å². The van der Waals surface area contributed by atoms with Gasteiger partial charge in [0.05, 0.1) is 32.8 Å². The van der Waals surface area contributed by atoms with Crippen LogP contribution in [0.25, 0.3) is 11.2 Å². The molecule has 3 heterocycles. The number of aliphatic hydroxyl groups is 2. The monoisotopic (exact) mass is 687 g/mol. The molecule has 6 N–H and O–H groups in total. The fourth-order valence-corrected chi connectivity index (χ4v) is 7.05. The fraction of sp³-hybridized carbons (Fsp3) is 0.759. The average Bonchev–Trinajstić information content (AvgIpc) is 3.48. The van der Waals surface area contributed by atoms with Crippen molar-refractivity contribution in [2.24, 2.45) is 11.8 Å². The molecule has 2 aromatic rings. The topological polar surface area (TPSA) is 232 Å². The van der Waals surface area contributed by atoms with E-state index >= 15 is 0 Å². The predicted octanol–water partition coefficient (Wildman–Crippen LogP) is 2.08. The van der Waals surface area contributed by atoms with Gasteiger partial charge in [0.25, 0.3) is 0 Å². The molecule has 1 fully saturated rings. The number of aliphatic hydroxyl groups excluding tert-OH is 1. The lowest BCUT2D eigenvalue weighted by Gasteiger charge is -2.30. The van der Waals surface area contributed by atoms with Crippen molar-refractivity contribution >= 4 is 36.7 Å². The standard InChI is InChI=1S/C29H50N7O10P/c1-9-42-24-21-23(32-28(30)33-24)36(15-31-21)27-29(8,40)22(37)20(46-27)14-45-47(41,34-18(12-16(4)5)25(38)43-10-2)35-19(13-17(6)7)26(39)44-11-3/h15-20,22,27,37,40H,9-14H2,1-8H3,(H2,30,32,33)(H2,34,35,41)/t18-,19+,20-,22?,27-,29+,47?/m1/s1. The van der Waals surface area contributed by atoms with E-state index in [9.17, 15) is 24.4 Å². The molecule has 0 spiro atoms. The SMILES string of the molecule is CCOC(=O)[C@H](CC(C)C)NP(=O)(N[C@H](CC(C)C)C(=O)OCC)OC[C@H]1O[C@@H](n2cnc3c(OCC)nc(N)nc32)[C@@](C)(O)C1O. The van der Waals surface area contributed by atoms with Crippen LogP contribution in [0.5, 0.6) is 5.88 Å². The van der Waals surface area contributed by atoms with Crippen LogP contribution in [0, 0.1) is 11.8 Å². The Morgan fingerprint density at radius 3 is 2.09 bits per heavy atom. The second-order valence-corrected chi connectivity index (χ2v) is 14.2. The van der Waals surface area contributed by atoms with Gasteiger partial charge < -0.3 is 39.4 Å². The Morgan fingerprint density at radius 1 is 1.04 bits per heavy atom. The normalized spacial score (nSPS) is 24.0. The van der Waals surface area contributed by atoms with Crippen LogP contribution in [0.1, 0.15) is 74.5 Å². The summed E-state index contributed by atoms with van der Waals surface area (Å²) in [4.78, 5) is 38.4. The molecule has 1 saturated heterocycles. The molecular formula is C29H50N7O10P. The molecule has 3 rings (SSSR count). The third-order valence-corrected chi connectivity index (χ3v) is 9.14. The number of carbonyl (C=O) groups excluding carboxylic acids is 2. The molecule has 266 valence electrons. The van der Waals surface area contributed by atoms with Gasteiger partial charge in [-0.3, -0.25) is 18.7 Å². The van der Waals surface area contributed by atoms with Crippen LogP contribution in [0.3, 0.4) is 0 Å².